The van der Waals surface area contributed by atoms with E-state index in [1.54, 1.807) is 29.0 Å². The maximum atomic E-state index is 16.1. The Balaban J connectivity index is 0.638. The summed E-state index contributed by atoms with van der Waals surface area (Å²) in [4.78, 5) is 73.9. The lowest BCUT2D eigenvalue weighted by molar-refractivity contribution is -0.136. The van der Waals surface area contributed by atoms with Crippen molar-refractivity contribution in [1.82, 2.24) is 59.7 Å². The van der Waals surface area contributed by atoms with E-state index in [9.17, 15) is 19.2 Å². The van der Waals surface area contributed by atoms with Crippen molar-refractivity contribution in [3.05, 3.63) is 53.4 Å². The number of carbonyl (C=O) groups excluding carboxylic acids is 4. The highest BCUT2D eigenvalue weighted by molar-refractivity contribution is 6.09. The third kappa shape index (κ3) is 8.82. The van der Waals surface area contributed by atoms with E-state index in [2.05, 4.69) is 36.5 Å². The lowest BCUT2D eigenvalue weighted by Crippen LogP contribution is -2.50. The average molecular weight is 986 g/mol. The number of hydrogen-bond acceptors (Lipinski definition) is 15. The maximum Gasteiger partial charge on any atom is 0.410 e. The number of piperidine rings is 2. The van der Waals surface area contributed by atoms with Crippen molar-refractivity contribution in [3.8, 4) is 22.6 Å². The zero-order chi connectivity index (χ0) is 49.9. The van der Waals surface area contributed by atoms with Gasteiger partial charge in [0.15, 0.2) is 23.9 Å². The van der Waals surface area contributed by atoms with Gasteiger partial charge in [-0.1, -0.05) is 11.2 Å². The number of nitrogens with zero attached hydrogens (tertiary/aromatic N) is 13. The Kier molecular flexibility index (Phi) is 12.5. The van der Waals surface area contributed by atoms with Crippen LogP contribution < -0.4 is 20.9 Å². The molecule has 378 valence electrons. The SMILES string of the molecule is Cc1nc(-c2c(-c3nn(C(C)C)c4ncnc(N)c34)noc2C2CC2)ccc1C1CCN(C(=O)OCC(=O)N2CCC(CN3CCN(c4ccc5c(N6CCC(=O)NC6=O)nn(C)c5c4F)CC3)CC2)CC1. The summed E-state index contributed by atoms with van der Waals surface area (Å²) in [6, 6.07) is 7.17. The summed E-state index contributed by atoms with van der Waals surface area (Å²) in [6.45, 7) is 12.0. The van der Waals surface area contributed by atoms with E-state index in [1.165, 1.54) is 15.9 Å². The van der Waals surface area contributed by atoms with E-state index in [0.717, 1.165) is 86.4 Å². The number of nitrogen functional groups attached to an aromatic ring is 1. The highest BCUT2D eigenvalue weighted by Gasteiger charge is 2.37. The van der Waals surface area contributed by atoms with Gasteiger partial charge in [0.2, 0.25) is 5.91 Å². The van der Waals surface area contributed by atoms with Crippen LogP contribution in [0.4, 0.5) is 31.3 Å². The largest absolute Gasteiger partial charge is 0.439 e. The molecule has 4 aliphatic heterocycles. The molecule has 11 rings (SSSR count). The summed E-state index contributed by atoms with van der Waals surface area (Å²) < 4.78 is 31.0. The molecule has 21 nitrogen and oxygen atoms in total. The first-order valence-corrected chi connectivity index (χ1v) is 25.2. The summed E-state index contributed by atoms with van der Waals surface area (Å²) in [5, 5.41) is 17.4. The summed E-state index contributed by atoms with van der Waals surface area (Å²) in [7, 11) is 1.66. The Bertz CT molecular complexity index is 3080. The molecule has 4 saturated heterocycles. The van der Waals surface area contributed by atoms with Crippen molar-refractivity contribution in [2.24, 2.45) is 13.0 Å². The molecular formula is C50H60FN15O6. The number of ether oxygens (including phenoxy) is 1. The summed E-state index contributed by atoms with van der Waals surface area (Å²) in [6.07, 6.45) is 6.34. The number of carbonyl (C=O) groups is 4. The molecule has 6 aromatic rings. The predicted molar refractivity (Wildman–Crippen MR) is 265 cm³/mol. The number of amides is 5. The van der Waals surface area contributed by atoms with Crippen molar-refractivity contribution in [2.75, 3.05) is 87.6 Å². The number of hydrogen-bond donors (Lipinski definition) is 2. The molecule has 5 aliphatic rings. The smallest absolute Gasteiger partial charge is 0.410 e. The van der Waals surface area contributed by atoms with Gasteiger partial charge < -0.3 is 29.7 Å². The normalized spacial score (nSPS) is 18.8. The zero-order valence-electron chi connectivity index (χ0n) is 41.1. The Morgan fingerprint density at radius 3 is 2.35 bits per heavy atom. The minimum atomic E-state index is -0.560. The van der Waals surface area contributed by atoms with Gasteiger partial charge in [-0.05, 0) is 94.9 Å². The van der Waals surface area contributed by atoms with Crippen LogP contribution in [0.2, 0.25) is 0 Å². The predicted octanol–water partition coefficient (Wildman–Crippen LogP) is 5.74. The number of imide groups is 1. The number of halogens is 1. The average Bonchev–Trinajstić information content (AvgIpc) is 3.85. The Morgan fingerprint density at radius 2 is 1.64 bits per heavy atom. The number of nitrogens with two attached hydrogens (primary N) is 1. The van der Waals surface area contributed by atoms with Crippen molar-refractivity contribution in [3.63, 3.8) is 0 Å². The number of benzene rings is 1. The monoisotopic (exact) mass is 985 g/mol. The van der Waals surface area contributed by atoms with Gasteiger partial charge in [0, 0.05) is 102 Å². The quantitative estimate of drug-likeness (QED) is 0.158. The van der Waals surface area contributed by atoms with E-state index in [4.69, 9.17) is 25.1 Å². The second-order valence-corrected chi connectivity index (χ2v) is 20.2. The number of aryl methyl sites for hydroxylation is 2. The number of piperazine rings is 1. The van der Waals surface area contributed by atoms with Crippen LogP contribution in [0.1, 0.15) is 93.7 Å². The van der Waals surface area contributed by atoms with E-state index < -0.39 is 12.1 Å². The number of fused-ring (bicyclic) bond motifs is 2. The van der Waals surface area contributed by atoms with Gasteiger partial charge in [0.05, 0.1) is 22.3 Å². The molecule has 22 heteroatoms. The number of nitrogens with one attached hydrogen (secondary N) is 1. The molecule has 3 N–H and O–H groups in total. The van der Waals surface area contributed by atoms with Gasteiger partial charge in [-0.15, -0.1) is 0 Å². The highest BCUT2D eigenvalue weighted by Crippen LogP contribution is 2.48. The molecule has 0 unspecified atom stereocenters. The van der Waals surface area contributed by atoms with Crippen LogP contribution in [-0.2, 0) is 21.4 Å². The van der Waals surface area contributed by atoms with Crippen molar-refractivity contribution in [2.45, 2.75) is 83.6 Å². The zero-order valence-corrected chi connectivity index (χ0v) is 41.1. The number of anilines is 3. The number of rotatable bonds is 11. The second kappa shape index (κ2) is 19.1. The van der Waals surface area contributed by atoms with E-state index >= 15 is 4.39 Å². The third-order valence-corrected chi connectivity index (χ3v) is 15.2. The van der Waals surface area contributed by atoms with Gasteiger partial charge in [0.1, 0.15) is 34.8 Å². The molecule has 1 aliphatic carbocycles. The van der Waals surface area contributed by atoms with Crippen molar-refractivity contribution < 1.29 is 32.8 Å². The molecule has 0 spiro atoms. The van der Waals surface area contributed by atoms with Gasteiger partial charge in [-0.25, -0.2) is 28.6 Å². The standard InChI is InChI=1S/C50H60FN15O6/c1-28(2)66-48-40(46(52)53-27-54-48)42(57-66)43-39(45(72-59-43)32-5-6-32)35-9-7-33(29(3)55-35)31-13-18-64(19-14-31)50(70)71-26-38(68)63-16-11-30(12-17-63)25-61-21-23-62(24-22-61)36-10-8-34-44(41(36)51)60(4)58-47(34)65-20-15-37(67)56-49(65)69/h7-10,27-28,30-32H,5-6,11-26H2,1-4H3,(H2,52,53,54)(H,56,67,69). The lowest BCUT2D eigenvalue weighted by Gasteiger charge is -2.39. The molecule has 5 fully saturated rings. The highest BCUT2D eigenvalue weighted by atomic mass is 19.1. The molecular weight excluding hydrogens is 926 g/mol. The van der Waals surface area contributed by atoms with Crippen LogP contribution in [-0.4, -0.2) is 150 Å². The number of aromatic nitrogens is 8. The molecule has 1 saturated carbocycles. The van der Waals surface area contributed by atoms with Gasteiger partial charge >= 0.3 is 12.1 Å². The van der Waals surface area contributed by atoms with E-state index in [0.29, 0.717) is 95.8 Å². The molecule has 5 aromatic heterocycles. The molecule has 72 heavy (non-hydrogen) atoms. The van der Waals surface area contributed by atoms with Crippen molar-refractivity contribution >= 4 is 63.2 Å². The minimum absolute atomic E-state index is 0.0264. The maximum absolute atomic E-state index is 16.1. The van der Waals surface area contributed by atoms with Crippen LogP contribution in [0.3, 0.4) is 0 Å². The molecule has 5 amide bonds. The first-order valence-electron chi connectivity index (χ1n) is 25.2. The van der Waals surface area contributed by atoms with Crippen LogP contribution in [0.15, 0.2) is 35.1 Å². The van der Waals surface area contributed by atoms with E-state index in [1.807, 2.05) is 36.4 Å². The second-order valence-electron chi connectivity index (χ2n) is 20.2. The fraction of sp³-hybridized carbons (Fsp3) is 0.520. The number of urea groups is 1. The Morgan fingerprint density at radius 1 is 0.889 bits per heavy atom. The molecule has 0 radical (unpaired) electrons. The lowest BCUT2D eigenvalue weighted by atomic mass is 9.88. The molecule has 0 atom stereocenters. The first-order chi connectivity index (χ1) is 34.8. The fourth-order valence-corrected chi connectivity index (χ4v) is 11.1. The van der Waals surface area contributed by atoms with Crippen LogP contribution in [0, 0.1) is 18.7 Å². The fourth-order valence-electron chi connectivity index (χ4n) is 11.1. The summed E-state index contributed by atoms with van der Waals surface area (Å²) in [5.41, 5.74) is 12.6. The first kappa shape index (κ1) is 47.1. The number of pyridine rings is 1. The van der Waals surface area contributed by atoms with Crippen LogP contribution >= 0.6 is 0 Å². The molecule has 0 bridgehead atoms. The number of likely N-dealkylation sites (tertiary alicyclic amines) is 2. The van der Waals surface area contributed by atoms with Gasteiger partial charge in [-0.2, -0.15) is 10.2 Å². The summed E-state index contributed by atoms with van der Waals surface area (Å²) in [5.74, 6) is 1.42. The topological polar surface area (TPSA) is 232 Å². The minimum Gasteiger partial charge on any atom is -0.439 e. The summed E-state index contributed by atoms with van der Waals surface area (Å²) >= 11 is 0. The van der Waals surface area contributed by atoms with E-state index in [-0.39, 0.29) is 55.1 Å². The van der Waals surface area contributed by atoms with Crippen molar-refractivity contribution in [1.29, 1.82) is 0 Å². The Labute approximate surface area is 414 Å². The van der Waals surface area contributed by atoms with Crippen LogP contribution in [0.5, 0.6) is 0 Å². The van der Waals surface area contributed by atoms with Gasteiger partial charge in [0.25, 0.3) is 5.91 Å². The molecule has 1 aromatic carbocycles. The molecule has 9 heterocycles. The Hall–Kier alpha value is -7.23. The third-order valence-electron chi connectivity index (χ3n) is 15.2. The van der Waals surface area contributed by atoms with Gasteiger partial charge in [-0.3, -0.25) is 34.4 Å². The van der Waals surface area contributed by atoms with Crippen LogP contribution in [0.25, 0.3) is 44.6 Å².